The fraction of sp³-hybridized carbons (Fsp3) is 0.500. The first kappa shape index (κ1) is 19.9. The Labute approximate surface area is 145 Å². The predicted octanol–water partition coefficient (Wildman–Crippen LogP) is 5.59. The zero-order valence-electron chi connectivity index (χ0n) is 14.4. The minimum Gasteiger partial charge on any atom is -0.502 e. The Morgan fingerprint density at radius 2 is 1.91 bits per heavy atom. The van der Waals surface area contributed by atoms with E-state index in [1.807, 2.05) is 31.2 Å². The molecule has 0 aliphatic heterocycles. The van der Waals surface area contributed by atoms with Gasteiger partial charge in [-0.1, -0.05) is 50.1 Å². The summed E-state index contributed by atoms with van der Waals surface area (Å²) < 4.78 is 5.30. The normalized spacial score (nSPS) is 14.4. The van der Waals surface area contributed by atoms with Crippen molar-refractivity contribution < 1.29 is 9.84 Å². The molecule has 0 aliphatic rings. The number of thioether (sulfide) groups is 1. The van der Waals surface area contributed by atoms with Gasteiger partial charge in [-0.25, -0.2) is 0 Å². The van der Waals surface area contributed by atoms with Crippen LogP contribution in [0.3, 0.4) is 0 Å². The molecule has 1 N–H and O–H groups in total. The van der Waals surface area contributed by atoms with Crippen molar-refractivity contribution in [2.45, 2.75) is 62.2 Å². The standard InChI is InChI=1S/C20H30O2S/c1-3-5-6-7-8-12-15-19(21)20(16-17-22-4-2)23-18-13-10-9-11-14-18/h8-14,16-17,19-21H,3-7,15H2,1-2H3/b12-8-,17-16?. The lowest BCUT2D eigenvalue weighted by Gasteiger charge is -2.18. The van der Waals surface area contributed by atoms with Gasteiger partial charge in [0.25, 0.3) is 0 Å². The van der Waals surface area contributed by atoms with Gasteiger partial charge in [0.15, 0.2) is 0 Å². The van der Waals surface area contributed by atoms with E-state index in [1.54, 1.807) is 18.0 Å². The lowest BCUT2D eigenvalue weighted by molar-refractivity contribution is 0.184. The summed E-state index contributed by atoms with van der Waals surface area (Å²) in [7, 11) is 0. The summed E-state index contributed by atoms with van der Waals surface area (Å²) in [5.41, 5.74) is 0. The molecule has 23 heavy (non-hydrogen) atoms. The summed E-state index contributed by atoms with van der Waals surface area (Å²) in [5.74, 6) is 0. The summed E-state index contributed by atoms with van der Waals surface area (Å²) in [6.07, 6.45) is 13.1. The topological polar surface area (TPSA) is 29.5 Å². The first-order valence-corrected chi connectivity index (χ1v) is 9.49. The third-order valence-corrected chi connectivity index (χ3v) is 4.73. The van der Waals surface area contributed by atoms with Crippen molar-refractivity contribution >= 4 is 11.8 Å². The van der Waals surface area contributed by atoms with Crippen LogP contribution in [0.4, 0.5) is 0 Å². The van der Waals surface area contributed by atoms with Crippen LogP contribution in [-0.4, -0.2) is 23.1 Å². The molecule has 0 heterocycles. The fourth-order valence-corrected chi connectivity index (χ4v) is 3.17. The molecule has 0 amide bonds. The highest BCUT2D eigenvalue weighted by atomic mass is 32.2. The quantitative estimate of drug-likeness (QED) is 0.234. The second-order valence-electron chi connectivity index (χ2n) is 5.45. The summed E-state index contributed by atoms with van der Waals surface area (Å²) in [5, 5.41) is 10.5. The number of hydrogen-bond acceptors (Lipinski definition) is 3. The van der Waals surface area contributed by atoms with Crippen LogP contribution >= 0.6 is 11.8 Å². The lowest BCUT2D eigenvalue weighted by atomic mass is 10.1. The van der Waals surface area contributed by atoms with E-state index >= 15 is 0 Å². The zero-order chi connectivity index (χ0) is 16.8. The van der Waals surface area contributed by atoms with Gasteiger partial charge in [0.1, 0.15) is 0 Å². The first-order valence-electron chi connectivity index (χ1n) is 8.61. The van der Waals surface area contributed by atoms with E-state index in [0.717, 1.165) is 11.3 Å². The molecule has 3 heteroatoms. The van der Waals surface area contributed by atoms with Crippen molar-refractivity contribution in [2.75, 3.05) is 6.61 Å². The van der Waals surface area contributed by atoms with E-state index in [-0.39, 0.29) is 5.25 Å². The average Bonchev–Trinajstić information content (AvgIpc) is 2.58. The number of benzene rings is 1. The molecule has 0 saturated heterocycles. The van der Waals surface area contributed by atoms with Crippen LogP contribution < -0.4 is 0 Å². The van der Waals surface area contributed by atoms with Crippen molar-refractivity contribution in [3.63, 3.8) is 0 Å². The Kier molecular flexibility index (Phi) is 11.5. The molecule has 0 radical (unpaired) electrons. The number of unbranched alkanes of at least 4 members (excludes halogenated alkanes) is 3. The predicted molar refractivity (Wildman–Crippen MR) is 101 cm³/mol. The number of allylic oxidation sites excluding steroid dienone is 1. The van der Waals surface area contributed by atoms with Crippen molar-refractivity contribution in [2.24, 2.45) is 0 Å². The Hall–Kier alpha value is -1.19. The molecule has 0 aliphatic carbocycles. The maximum Gasteiger partial charge on any atom is 0.0845 e. The third-order valence-electron chi connectivity index (χ3n) is 3.44. The van der Waals surface area contributed by atoms with Gasteiger partial charge in [-0.15, -0.1) is 11.8 Å². The number of rotatable bonds is 12. The van der Waals surface area contributed by atoms with E-state index < -0.39 is 6.10 Å². The molecule has 1 aromatic carbocycles. The molecule has 2 nitrogen and oxygen atoms in total. The lowest BCUT2D eigenvalue weighted by Crippen LogP contribution is -2.20. The number of aliphatic hydroxyl groups is 1. The van der Waals surface area contributed by atoms with Gasteiger partial charge >= 0.3 is 0 Å². The van der Waals surface area contributed by atoms with Crippen molar-refractivity contribution in [3.05, 3.63) is 54.8 Å². The third kappa shape index (κ3) is 9.52. The van der Waals surface area contributed by atoms with Crippen LogP contribution in [0.15, 0.2) is 59.7 Å². The maximum absolute atomic E-state index is 10.5. The fourth-order valence-electron chi connectivity index (χ4n) is 2.13. The van der Waals surface area contributed by atoms with E-state index in [4.69, 9.17) is 4.74 Å². The molecular formula is C20H30O2S. The van der Waals surface area contributed by atoms with Gasteiger partial charge in [0.2, 0.25) is 0 Å². The van der Waals surface area contributed by atoms with Crippen LogP contribution in [0.1, 0.15) is 46.0 Å². The summed E-state index contributed by atoms with van der Waals surface area (Å²) in [6.45, 7) is 4.81. The minimum atomic E-state index is -0.417. The van der Waals surface area contributed by atoms with E-state index in [1.165, 1.54) is 19.3 Å². The van der Waals surface area contributed by atoms with Crippen LogP contribution in [-0.2, 0) is 4.74 Å². The van der Waals surface area contributed by atoms with Gasteiger partial charge in [-0.05, 0) is 44.4 Å². The highest BCUT2D eigenvalue weighted by Gasteiger charge is 2.16. The van der Waals surface area contributed by atoms with Gasteiger partial charge in [-0.3, -0.25) is 0 Å². The summed E-state index contributed by atoms with van der Waals surface area (Å²) in [6, 6.07) is 10.2. The second kappa shape index (κ2) is 13.3. The zero-order valence-corrected chi connectivity index (χ0v) is 15.2. The highest BCUT2D eigenvalue weighted by molar-refractivity contribution is 8.00. The molecular weight excluding hydrogens is 304 g/mol. The van der Waals surface area contributed by atoms with Gasteiger partial charge in [-0.2, -0.15) is 0 Å². The molecule has 0 bridgehead atoms. The van der Waals surface area contributed by atoms with Crippen molar-refractivity contribution in [1.82, 2.24) is 0 Å². The Morgan fingerprint density at radius 3 is 2.61 bits per heavy atom. The van der Waals surface area contributed by atoms with E-state index in [0.29, 0.717) is 13.0 Å². The molecule has 128 valence electrons. The number of aliphatic hydroxyl groups excluding tert-OH is 1. The Bertz CT molecular complexity index is 442. The van der Waals surface area contributed by atoms with Crippen molar-refractivity contribution in [3.8, 4) is 0 Å². The SMILES string of the molecule is CCCCC/C=C\CC(O)C(C=COCC)Sc1ccccc1. The summed E-state index contributed by atoms with van der Waals surface area (Å²) in [4.78, 5) is 1.16. The summed E-state index contributed by atoms with van der Waals surface area (Å²) >= 11 is 1.67. The number of ether oxygens (including phenoxy) is 1. The molecule has 1 aromatic rings. The van der Waals surface area contributed by atoms with Gasteiger partial charge in [0.05, 0.1) is 24.2 Å². The molecule has 0 fully saturated rings. The maximum atomic E-state index is 10.5. The monoisotopic (exact) mass is 334 g/mol. The molecule has 0 aromatic heterocycles. The van der Waals surface area contributed by atoms with E-state index in [2.05, 4.69) is 31.2 Å². The number of hydrogen-bond donors (Lipinski definition) is 1. The largest absolute Gasteiger partial charge is 0.502 e. The first-order chi connectivity index (χ1) is 11.3. The second-order valence-corrected chi connectivity index (χ2v) is 6.70. The van der Waals surface area contributed by atoms with Gasteiger partial charge in [0, 0.05) is 4.90 Å². The molecule has 0 spiro atoms. The molecule has 1 rings (SSSR count). The molecule has 2 unspecified atom stereocenters. The Morgan fingerprint density at radius 1 is 1.13 bits per heavy atom. The smallest absolute Gasteiger partial charge is 0.0845 e. The van der Waals surface area contributed by atoms with Crippen LogP contribution in [0, 0.1) is 0 Å². The Balaban J connectivity index is 2.52. The minimum absolute atomic E-state index is 0.00996. The van der Waals surface area contributed by atoms with Crippen molar-refractivity contribution in [1.29, 1.82) is 0 Å². The van der Waals surface area contributed by atoms with Gasteiger partial charge < -0.3 is 9.84 Å². The van der Waals surface area contributed by atoms with E-state index in [9.17, 15) is 5.11 Å². The molecule has 0 saturated carbocycles. The van der Waals surface area contributed by atoms with Crippen LogP contribution in [0.5, 0.6) is 0 Å². The van der Waals surface area contributed by atoms with Crippen LogP contribution in [0.25, 0.3) is 0 Å². The van der Waals surface area contributed by atoms with Crippen LogP contribution in [0.2, 0.25) is 0 Å². The molecule has 2 atom stereocenters. The average molecular weight is 335 g/mol. The highest BCUT2D eigenvalue weighted by Crippen LogP contribution is 2.27.